The van der Waals surface area contributed by atoms with E-state index in [1.165, 1.54) is 17.7 Å². The summed E-state index contributed by atoms with van der Waals surface area (Å²) >= 11 is 3.95. The van der Waals surface area contributed by atoms with Crippen molar-refractivity contribution < 1.29 is 15.0 Å². The number of carboxylic acid groups (broad SMARTS) is 1. The number of thiol groups is 1. The van der Waals surface area contributed by atoms with Crippen molar-refractivity contribution in [2.24, 2.45) is 0 Å². The summed E-state index contributed by atoms with van der Waals surface area (Å²) in [6, 6.07) is -0.895. The normalized spacial score (nSPS) is 17.8. The number of carbonyl (C=O) groups is 1. The third kappa shape index (κ3) is 5.41. The van der Waals surface area contributed by atoms with Crippen molar-refractivity contribution in [3.05, 3.63) is 0 Å². The molecule has 3 N–H and O–H groups in total. The van der Waals surface area contributed by atoms with Gasteiger partial charge in [-0.25, -0.2) is 0 Å². The highest BCUT2D eigenvalue weighted by atomic mass is 33.1. The van der Waals surface area contributed by atoms with Crippen LogP contribution in [0.3, 0.4) is 0 Å². The number of aliphatic carboxylic acids is 1. The van der Waals surface area contributed by atoms with Gasteiger partial charge in [-0.1, -0.05) is 10.8 Å². The van der Waals surface area contributed by atoms with Crippen LogP contribution in [0.15, 0.2) is 0 Å². The van der Waals surface area contributed by atoms with E-state index in [0.717, 1.165) is 0 Å². The average molecular weight is 225 g/mol. The summed E-state index contributed by atoms with van der Waals surface area (Å²) < 4.78 is 0. The molecule has 0 aromatic rings. The van der Waals surface area contributed by atoms with Gasteiger partial charge in [-0.15, -0.1) is 11.7 Å². The molecule has 0 saturated carbocycles. The standard InChI is InChI=1S/C7H15NO3S2/c1-4(3-13-12)8-6(5(2)9)7(10)11/h4-6,8-9,12H,3H2,1-2H3,(H,10,11). The summed E-state index contributed by atoms with van der Waals surface area (Å²) in [5.74, 6) is -0.342. The highest BCUT2D eigenvalue weighted by molar-refractivity contribution is 8.68. The summed E-state index contributed by atoms with van der Waals surface area (Å²) in [4.78, 5) is 10.6. The molecule has 3 unspecified atom stereocenters. The van der Waals surface area contributed by atoms with E-state index in [1.807, 2.05) is 6.92 Å². The third-order valence-corrected chi connectivity index (χ3v) is 2.63. The Bertz CT molecular complexity index is 166. The molecule has 3 atom stereocenters. The lowest BCUT2D eigenvalue weighted by Crippen LogP contribution is -2.49. The Morgan fingerprint density at radius 1 is 1.62 bits per heavy atom. The Labute approximate surface area is 86.9 Å². The fraction of sp³-hybridized carbons (Fsp3) is 0.857. The summed E-state index contributed by atoms with van der Waals surface area (Å²) in [6.07, 6.45) is -0.898. The van der Waals surface area contributed by atoms with Crippen molar-refractivity contribution in [3.63, 3.8) is 0 Å². The second-order valence-electron chi connectivity index (χ2n) is 2.92. The van der Waals surface area contributed by atoms with Crippen molar-refractivity contribution >= 4 is 28.4 Å². The molecule has 0 saturated heterocycles. The molecule has 0 aromatic heterocycles. The summed E-state index contributed by atoms with van der Waals surface area (Å²) in [6.45, 7) is 3.30. The number of carboxylic acids is 1. The fourth-order valence-corrected chi connectivity index (χ4v) is 1.87. The first kappa shape index (κ1) is 13.1. The first-order chi connectivity index (χ1) is 5.99. The average Bonchev–Trinajstić information content (AvgIpc) is 1.99. The zero-order valence-corrected chi connectivity index (χ0v) is 9.31. The first-order valence-corrected chi connectivity index (χ1v) is 5.96. The van der Waals surface area contributed by atoms with Gasteiger partial charge in [-0.2, -0.15) is 0 Å². The van der Waals surface area contributed by atoms with Crippen LogP contribution < -0.4 is 5.32 Å². The molecule has 0 bridgehead atoms. The molecule has 0 fully saturated rings. The molecule has 0 rings (SSSR count). The van der Waals surface area contributed by atoms with E-state index in [1.54, 1.807) is 0 Å². The SMILES string of the molecule is CC(CSS)NC(C(=O)O)C(C)O. The zero-order valence-electron chi connectivity index (χ0n) is 7.60. The van der Waals surface area contributed by atoms with Gasteiger partial charge in [-0.3, -0.25) is 10.1 Å². The molecule has 4 nitrogen and oxygen atoms in total. The monoisotopic (exact) mass is 225 g/mol. The predicted molar refractivity (Wildman–Crippen MR) is 57.1 cm³/mol. The lowest BCUT2D eigenvalue weighted by molar-refractivity contribution is -0.142. The van der Waals surface area contributed by atoms with Gasteiger partial charge in [0.1, 0.15) is 6.04 Å². The van der Waals surface area contributed by atoms with Crippen LogP contribution in [-0.4, -0.2) is 40.1 Å². The second kappa shape index (κ2) is 6.53. The Hall–Kier alpha value is 0.0900. The topological polar surface area (TPSA) is 69.6 Å². The first-order valence-electron chi connectivity index (χ1n) is 3.92. The van der Waals surface area contributed by atoms with E-state index < -0.39 is 18.1 Å². The minimum absolute atomic E-state index is 0.0122. The van der Waals surface area contributed by atoms with E-state index in [9.17, 15) is 4.79 Å². The molecule has 0 amide bonds. The van der Waals surface area contributed by atoms with Crippen molar-refractivity contribution in [1.82, 2.24) is 5.32 Å². The number of rotatable bonds is 6. The molecule has 0 aliphatic rings. The molecule has 0 aromatic carbocycles. The molecule has 78 valence electrons. The van der Waals surface area contributed by atoms with Gasteiger partial charge in [-0.05, 0) is 13.8 Å². The van der Waals surface area contributed by atoms with E-state index in [2.05, 4.69) is 17.0 Å². The highest BCUT2D eigenvalue weighted by Crippen LogP contribution is 2.07. The lowest BCUT2D eigenvalue weighted by Gasteiger charge is -2.21. The Morgan fingerprint density at radius 3 is 2.46 bits per heavy atom. The van der Waals surface area contributed by atoms with Gasteiger partial charge < -0.3 is 10.2 Å². The smallest absolute Gasteiger partial charge is 0.323 e. The van der Waals surface area contributed by atoms with E-state index in [4.69, 9.17) is 10.2 Å². The molecule has 0 heterocycles. The summed E-state index contributed by atoms with van der Waals surface area (Å²) in [5.41, 5.74) is 0. The fourth-order valence-electron chi connectivity index (χ4n) is 0.883. The summed E-state index contributed by atoms with van der Waals surface area (Å²) in [5, 5.41) is 20.6. The number of aliphatic hydroxyl groups excluding tert-OH is 1. The maximum atomic E-state index is 10.6. The van der Waals surface area contributed by atoms with Gasteiger partial charge in [0, 0.05) is 11.8 Å². The maximum Gasteiger partial charge on any atom is 0.323 e. The van der Waals surface area contributed by atoms with Gasteiger partial charge in [0.05, 0.1) is 6.10 Å². The van der Waals surface area contributed by atoms with Gasteiger partial charge in [0.15, 0.2) is 0 Å². The van der Waals surface area contributed by atoms with Crippen LogP contribution in [0.5, 0.6) is 0 Å². The molecule has 13 heavy (non-hydrogen) atoms. The van der Waals surface area contributed by atoms with Crippen LogP contribution in [0.25, 0.3) is 0 Å². The highest BCUT2D eigenvalue weighted by Gasteiger charge is 2.23. The van der Waals surface area contributed by atoms with Crippen LogP contribution in [-0.2, 0) is 4.79 Å². The van der Waals surface area contributed by atoms with Crippen LogP contribution in [0.1, 0.15) is 13.8 Å². The second-order valence-corrected chi connectivity index (χ2v) is 4.29. The Kier molecular flexibility index (Phi) is 6.58. The third-order valence-electron chi connectivity index (χ3n) is 1.54. The zero-order chi connectivity index (χ0) is 10.4. The molecule has 6 heteroatoms. The minimum Gasteiger partial charge on any atom is -0.480 e. The summed E-state index contributed by atoms with van der Waals surface area (Å²) in [7, 11) is 1.33. The number of hydrogen-bond acceptors (Lipinski definition) is 5. The quantitative estimate of drug-likeness (QED) is 0.388. The molecule has 0 aliphatic carbocycles. The van der Waals surface area contributed by atoms with Gasteiger partial charge >= 0.3 is 5.97 Å². The predicted octanol–water partition coefficient (Wildman–Crippen LogP) is 0.376. The van der Waals surface area contributed by atoms with Crippen LogP contribution in [0, 0.1) is 0 Å². The van der Waals surface area contributed by atoms with Crippen LogP contribution in [0.2, 0.25) is 0 Å². The molecule has 0 aliphatic heterocycles. The minimum atomic E-state index is -1.04. The van der Waals surface area contributed by atoms with E-state index >= 15 is 0 Å². The van der Waals surface area contributed by atoms with Crippen molar-refractivity contribution in [1.29, 1.82) is 0 Å². The van der Waals surface area contributed by atoms with Crippen molar-refractivity contribution in [2.75, 3.05) is 5.75 Å². The van der Waals surface area contributed by atoms with E-state index in [-0.39, 0.29) is 6.04 Å². The lowest BCUT2D eigenvalue weighted by atomic mass is 10.1. The molecule has 0 radical (unpaired) electrons. The van der Waals surface area contributed by atoms with Crippen molar-refractivity contribution in [3.8, 4) is 0 Å². The molecule has 0 spiro atoms. The van der Waals surface area contributed by atoms with Crippen LogP contribution >= 0.6 is 22.5 Å². The number of nitrogens with one attached hydrogen (secondary N) is 1. The van der Waals surface area contributed by atoms with Crippen molar-refractivity contribution in [2.45, 2.75) is 32.0 Å². The van der Waals surface area contributed by atoms with E-state index in [0.29, 0.717) is 5.75 Å². The van der Waals surface area contributed by atoms with Crippen LogP contribution in [0.4, 0.5) is 0 Å². The van der Waals surface area contributed by atoms with Gasteiger partial charge in [0.2, 0.25) is 0 Å². The molecular formula is C7H15NO3S2. The molecular weight excluding hydrogens is 210 g/mol. The number of aliphatic hydroxyl groups is 1. The van der Waals surface area contributed by atoms with Gasteiger partial charge in [0.25, 0.3) is 0 Å². The Balaban J connectivity index is 4.02. The Morgan fingerprint density at radius 2 is 2.15 bits per heavy atom. The maximum absolute atomic E-state index is 10.6. The number of hydrogen-bond donors (Lipinski definition) is 4. The largest absolute Gasteiger partial charge is 0.480 e.